The lowest BCUT2D eigenvalue weighted by atomic mass is 9.86. The Balaban J connectivity index is 2.08. The summed E-state index contributed by atoms with van der Waals surface area (Å²) in [5, 5.41) is 10.5. The second kappa shape index (κ2) is 6.35. The number of hydrogen-bond acceptors (Lipinski definition) is 3. The van der Waals surface area contributed by atoms with Gasteiger partial charge < -0.3 is 9.84 Å². The molecule has 1 aliphatic carbocycles. The topological polar surface area (TPSA) is 46.5 Å². The first-order valence-corrected chi connectivity index (χ1v) is 7.13. The van der Waals surface area contributed by atoms with Crippen LogP contribution in [0.15, 0.2) is 18.2 Å². The van der Waals surface area contributed by atoms with Gasteiger partial charge in [0.15, 0.2) is 17.3 Å². The molecule has 1 saturated carbocycles. The number of hydrogen-bond donors (Lipinski definition) is 1. The van der Waals surface area contributed by atoms with Gasteiger partial charge in [-0.3, -0.25) is 4.79 Å². The third-order valence-electron chi connectivity index (χ3n) is 4.03. The van der Waals surface area contributed by atoms with Crippen molar-refractivity contribution in [3.63, 3.8) is 0 Å². The van der Waals surface area contributed by atoms with E-state index in [1.807, 2.05) is 0 Å². The number of ether oxygens (including phenoxy) is 1. The molecule has 1 aliphatic rings. The van der Waals surface area contributed by atoms with Crippen LogP contribution in [0.5, 0.6) is 5.75 Å². The molecule has 1 fully saturated rings. The van der Waals surface area contributed by atoms with Crippen LogP contribution in [0.1, 0.15) is 44.1 Å². The second-order valence-electron chi connectivity index (χ2n) is 5.51. The van der Waals surface area contributed by atoms with Gasteiger partial charge in [0.25, 0.3) is 0 Å². The Labute approximate surface area is 118 Å². The molecular formula is C16H21FO3. The summed E-state index contributed by atoms with van der Waals surface area (Å²) in [4.78, 5) is 12.3. The number of aliphatic hydroxyl groups is 1. The summed E-state index contributed by atoms with van der Waals surface area (Å²) in [5.74, 6) is -0.524. The van der Waals surface area contributed by atoms with Crippen molar-refractivity contribution in [1.29, 1.82) is 0 Å². The van der Waals surface area contributed by atoms with Crippen molar-refractivity contribution in [2.75, 3.05) is 7.11 Å². The van der Waals surface area contributed by atoms with Crippen LogP contribution in [0.25, 0.3) is 0 Å². The van der Waals surface area contributed by atoms with Crippen molar-refractivity contribution >= 4 is 5.78 Å². The maximum atomic E-state index is 13.6. The molecule has 20 heavy (non-hydrogen) atoms. The number of carbonyl (C=O) groups is 1. The maximum absolute atomic E-state index is 13.6. The first-order valence-electron chi connectivity index (χ1n) is 7.13. The van der Waals surface area contributed by atoms with E-state index in [1.165, 1.54) is 19.2 Å². The number of carbonyl (C=O) groups excluding carboxylic acids is 1. The van der Waals surface area contributed by atoms with Crippen LogP contribution in [0.4, 0.5) is 4.39 Å². The highest BCUT2D eigenvalue weighted by Crippen LogP contribution is 2.29. The largest absolute Gasteiger partial charge is 0.494 e. The molecule has 4 heteroatoms. The zero-order valence-electron chi connectivity index (χ0n) is 11.8. The third kappa shape index (κ3) is 3.37. The van der Waals surface area contributed by atoms with Crippen molar-refractivity contribution in [2.24, 2.45) is 0 Å². The molecule has 0 aliphatic heterocycles. The van der Waals surface area contributed by atoms with Gasteiger partial charge >= 0.3 is 0 Å². The standard InChI is InChI=1S/C16H21FO3/c1-20-14-7-6-12(10-13(14)17)11-15(18)16(19)8-4-2-3-5-9-16/h6-7,10,19H,2-5,8-9,11H2,1H3. The van der Waals surface area contributed by atoms with Gasteiger partial charge in [-0.2, -0.15) is 0 Å². The van der Waals surface area contributed by atoms with Crippen LogP contribution in [0.2, 0.25) is 0 Å². The van der Waals surface area contributed by atoms with Gasteiger partial charge in [0.1, 0.15) is 5.60 Å². The summed E-state index contributed by atoms with van der Waals surface area (Å²) < 4.78 is 18.5. The lowest BCUT2D eigenvalue weighted by molar-refractivity contribution is -0.138. The molecule has 0 radical (unpaired) electrons. The fourth-order valence-electron chi connectivity index (χ4n) is 2.76. The molecule has 1 aromatic rings. The molecule has 0 unspecified atom stereocenters. The van der Waals surface area contributed by atoms with Gasteiger partial charge in [0.05, 0.1) is 7.11 Å². The molecule has 3 nitrogen and oxygen atoms in total. The van der Waals surface area contributed by atoms with E-state index in [-0.39, 0.29) is 18.0 Å². The highest BCUT2D eigenvalue weighted by Gasteiger charge is 2.35. The molecular weight excluding hydrogens is 259 g/mol. The minimum Gasteiger partial charge on any atom is -0.494 e. The van der Waals surface area contributed by atoms with Crippen LogP contribution >= 0.6 is 0 Å². The Hall–Kier alpha value is -1.42. The summed E-state index contributed by atoms with van der Waals surface area (Å²) in [5.41, 5.74) is -0.654. The predicted octanol–water partition coefficient (Wildman–Crippen LogP) is 3.03. The molecule has 0 aromatic heterocycles. The normalized spacial score (nSPS) is 18.4. The number of benzene rings is 1. The van der Waals surface area contributed by atoms with E-state index in [2.05, 4.69) is 0 Å². The van der Waals surface area contributed by atoms with Gasteiger partial charge in [-0.25, -0.2) is 4.39 Å². The first-order chi connectivity index (χ1) is 9.55. The number of ketones is 1. The highest BCUT2D eigenvalue weighted by molar-refractivity contribution is 5.89. The number of rotatable bonds is 4. The molecule has 2 rings (SSSR count). The Bertz CT molecular complexity index is 477. The van der Waals surface area contributed by atoms with Crippen molar-refractivity contribution in [3.8, 4) is 5.75 Å². The van der Waals surface area contributed by atoms with Gasteiger partial charge in [-0.1, -0.05) is 31.7 Å². The lowest BCUT2D eigenvalue weighted by Gasteiger charge is -2.25. The van der Waals surface area contributed by atoms with E-state index in [4.69, 9.17) is 4.74 Å². The van der Waals surface area contributed by atoms with Crippen LogP contribution < -0.4 is 4.74 Å². The molecule has 0 bridgehead atoms. The van der Waals surface area contributed by atoms with E-state index in [1.54, 1.807) is 6.07 Å². The number of methoxy groups -OCH3 is 1. The second-order valence-corrected chi connectivity index (χ2v) is 5.51. The van der Waals surface area contributed by atoms with E-state index in [0.717, 1.165) is 25.7 Å². The lowest BCUT2D eigenvalue weighted by Crippen LogP contribution is -2.39. The molecule has 0 saturated heterocycles. The fraction of sp³-hybridized carbons (Fsp3) is 0.562. The summed E-state index contributed by atoms with van der Waals surface area (Å²) in [6.07, 6.45) is 4.98. The molecule has 1 N–H and O–H groups in total. The van der Waals surface area contributed by atoms with Gasteiger partial charge in [-0.15, -0.1) is 0 Å². The van der Waals surface area contributed by atoms with Gasteiger partial charge in [0, 0.05) is 6.42 Å². The maximum Gasteiger partial charge on any atom is 0.168 e. The third-order valence-corrected chi connectivity index (χ3v) is 4.03. The number of Topliss-reactive ketones (excluding diaryl/α,β-unsaturated/α-hetero) is 1. The quantitative estimate of drug-likeness (QED) is 0.862. The zero-order chi connectivity index (χ0) is 14.6. The van der Waals surface area contributed by atoms with E-state index in [9.17, 15) is 14.3 Å². The van der Waals surface area contributed by atoms with Gasteiger partial charge in [0.2, 0.25) is 0 Å². The predicted molar refractivity (Wildman–Crippen MR) is 74.3 cm³/mol. The first kappa shape index (κ1) is 15.0. The van der Waals surface area contributed by atoms with Crippen molar-refractivity contribution in [2.45, 2.75) is 50.5 Å². The SMILES string of the molecule is COc1ccc(CC(=O)C2(O)CCCCCC2)cc1F. The van der Waals surface area contributed by atoms with Gasteiger partial charge in [-0.05, 0) is 30.5 Å². The average Bonchev–Trinajstić information content (AvgIpc) is 2.65. The van der Waals surface area contributed by atoms with Crippen molar-refractivity contribution in [3.05, 3.63) is 29.6 Å². The molecule has 0 heterocycles. The summed E-state index contributed by atoms with van der Waals surface area (Å²) in [7, 11) is 1.40. The Kier molecular flexibility index (Phi) is 4.76. The van der Waals surface area contributed by atoms with E-state index in [0.29, 0.717) is 18.4 Å². The smallest absolute Gasteiger partial charge is 0.168 e. The molecule has 0 spiro atoms. The molecule has 0 atom stereocenters. The van der Waals surface area contributed by atoms with Crippen LogP contribution in [-0.4, -0.2) is 23.6 Å². The van der Waals surface area contributed by atoms with E-state index >= 15 is 0 Å². The zero-order valence-corrected chi connectivity index (χ0v) is 11.8. The fourth-order valence-corrected chi connectivity index (χ4v) is 2.76. The highest BCUT2D eigenvalue weighted by atomic mass is 19.1. The average molecular weight is 280 g/mol. The minimum absolute atomic E-state index is 0.0669. The number of halogens is 1. The monoisotopic (exact) mass is 280 g/mol. The molecule has 0 amide bonds. The summed E-state index contributed by atoms with van der Waals surface area (Å²) >= 11 is 0. The molecule has 1 aromatic carbocycles. The Morgan fingerprint density at radius 1 is 1.30 bits per heavy atom. The van der Waals surface area contributed by atoms with Crippen molar-refractivity contribution in [1.82, 2.24) is 0 Å². The Morgan fingerprint density at radius 3 is 2.50 bits per heavy atom. The van der Waals surface area contributed by atoms with Crippen LogP contribution in [-0.2, 0) is 11.2 Å². The summed E-state index contributed by atoms with van der Waals surface area (Å²) in [6.45, 7) is 0. The summed E-state index contributed by atoms with van der Waals surface area (Å²) in [6, 6.07) is 4.48. The van der Waals surface area contributed by atoms with Crippen molar-refractivity contribution < 1.29 is 19.0 Å². The minimum atomic E-state index is -1.23. The van der Waals surface area contributed by atoms with Crippen LogP contribution in [0.3, 0.4) is 0 Å². The van der Waals surface area contributed by atoms with Crippen LogP contribution in [0, 0.1) is 5.82 Å². The van der Waals surface area contributed by atoms with E-state index < -0.39 is 11.4 Å². The Morgan fingerprint density at radius 2 is 1.95 bits per heavy atom. The molecule has 110 valence electrons.